The molecule has 0 unspecified atom stereocenters. The fourth-order valence-electron chi connectivity index (χ4n) is 1.86. The molecule has 1 fully saturated rings. The highest BCUT2D eigenvalue weighted by atomic mass is 32.1. The molecule has 2 heterocycles. The van der Waals surface area contributed by atoms with Crippen molar-refractivity contribution < 1.29 is 4.52 Å². The smallest absolute Gasteiger partial charge is 0.322 e. The van der Waals surface area contributed by atoms with Gasteiger partial charge in [-0.1, -0.05) is 19.0 Å². The summed E-state index contributed by atoms with van der Waals surface area (Å²) in [6.07, 6.45) is 4.31. The van der Waals surface area contributed by atoms with Crippen LogP contribution in [0, 0.1) is 5.92 Å². The molecule has 1 saturated carbocycles. The predicted molar refractivity (Wildman–Crippen MR) is 69.6 cm³/mol. The van der Waals surface area contributed by atoms with Crippen molar-refractivity contribution in [3.63, 3.8) is 0 Å². The van der Waals surface area contributed by atoms with Crippen molar-refractivity contribution in [3.05, 3.63) is 22.4 Å². The number of aromatic nitrogens is 3. The van der Waals surface area contributed by atoms with Gasteiger partial charge in [-0.15, -0.1) is 11.3 Å². The Morgan fingerprint density at radius 3 is 2.83 bits per heavy atom. The van der Waals surface area contributed by atoms with E-state index in [9.17, 15) is 0 Å². The van der Waals surface area contributed by atoms with Crippen LogP contribution in [0.4, 0.5) is 6.01 Å². The van der Waals surface area contributed by atoms with Crippen LogP contribution in [-0.2, 0) is 0 Å². The van der Waals surface area contributed by atoms with Gasteiger partial charge in [0.2, 0.25) is 0 Å². The number of hydrogen-bond donors (Lipinski definition) is 1. The number of thiazole rings is 1. The number of rotatable bonds is 5. The standard InChI is InChI=1S/C12H16N4OS/c1-7(2)10-15-12(17-16-10)14-9(8-3-4-8)11-13-5-6-18-11/h5-9H,3-4H2,1-2H3,(H,14,15,16)/t9-/m0/s1. The van der Waals surface area contributed by atoms with E-state index >= 15 is 0 Å². The SMILES string of the molecule is CC(C)c1noc(N[C@H](c2nccs2)C2CC2)n1. The molecule has 0 aliphatic heterocycles. The highest BCUT2D eigenvalue weighted by molar-refractivity contribution is 7.09. The maximum atomic E-state index is 5.24. The topological polar surface area (TPSA) is 63.8 Å². The van der Waals surface area contributed by atoms with Gasteiger partial charge < -0.3 is 9.84 Å². The van der Waals surface area contributed by atoms with Gasteiger partial charge in [0, 0.05) is 17.5 Å². The second-order valence-electron chi connectivity index (χ2n) is 4.94. The molecule has 0 saturated heterocycles. The Morgan fingerprint density at radius 2 is 2.28 bits per heavy atom. The third kappa shape index (κ3) is 2.38. The van der Waals surface area contributed by atoms with Gasteiger partial charge in [-0.05, 0) is 18.8 Å². The molecule has 1 atom stereocenters. The minimum Gasteiger partial charge on any atom is -0.328 e. The van der Waals surface area contributed by atoms with Crippen molar-refractivity contribution in [3.8, 4) is 0 Å². The zero-order chi connectivity index (χ0) is 12.5. The monoisotopic (exact) mass is 264 g/mol. The summed E-state index contributed by atoms with van der Waals surface area (Å²) in [5, 5.41) is 10.4. The molecule has 0 bridgehead atoms. The van der Waals surface area contributed by atoms with Crippen molar-refractivity contribution in [1.82, 2.24) is 15.1 Å². The van der Waals surface area contributed by atoms with Gasteiger partial charge in [0.25, 0.3) is 0 Å². The first kappa shape index (κ1) is 11.6. The fourth-order valence-corrected chi connectivity index (χ4v) is 2.64. The highest BCUT2D eigenvalue weighted by Gasteiger charge is 2.35. The molecule has 5 nitrogen and oxygen atoms in total. The summed E-state index contributed by atoms with van der Waals surface area (Å²) in [5.74, 6) is 1.67. The van der Waals surface area contributed by atoms with Crippen LogP contribution < -0.4 is 5.32 Å². The normalized spacial score (nSPS) is 17.1. The Hall–Kier alpha value is -1.43. The van der Waals surface area contributed by atoms with Crippen LogP contribution in [0.2, 0.25) is 0 Å². The lowest BCUT2D eigenvalue weighted by atomic mass is 10.2. The van der Waals surface area contributed by atoms with Gasteiger partial charge in [0.15, 0.2) is 5.82 Å². The van der Waals surface area contributed by atoms with Gasteiger partial charge in [0.05, 0.1) is 6.04 Å². The van der Waals surface area contributed by atoms with E-state index in [1.54, 1.807) is 11.3 Å². The molecule has 96 valence electrons. The third-order valence-electron chi connectivity index (χ3n) is 3.05. The number of nitrogens with zero attached hydrogens (tertiary/aromatic N) is 3. The average molecular weight is 264 g/mol. The molecular weight excluding hydrogens is 248 g/mol. The Morgan fingerprint density at radius 1 is 1.44 bits per heavy atom. The summed E-state index contributed by atoms with van der Waals surface area (Å²) >= 11 is 1.67. The Labute approximate surface area is 110 Å². The number of nitrogens with one attached hydrogen (secondary N) is 1. The molecular formula is C12H16N4OS. The summed E-state index contributed by atoms with van der Waals surface area (Å²) < 4.78 is 5.24. The van der Waals surface area contributed by atoms with Gasteiger partial charge in [0.1, 0.15) is 5.01 Å². The zero-order valence-corrected chi connectivity index (χ0v) is 11.3. The Balaban J connectivity index is 1.76. The van der Waals surface area contributed by atoms with Crippen molar-refractivity contribution in [2.75, 3.05) is 5.32 Å². The Kier molecular flexibility index (Phi) is 3.03. The summed E-state index contributed by atoms with van der Waals surface area (Å²) in [5.41, 5.74) is 0. The lowest BCUT2D eigenvalue weighted by Gasteiger charge is -2.13. The molecule has 0 aromatic carbocycles. The quantitative estimate of drug-likeness (QED) is 0.898. The number of anilines is 1. The van der Waals surface area contributed by atoms with Gasteiger partial charge >= 0.3 is 6.01 Å². The fraction of sp³-hybridized carbons (Fsp3) is 0.583. The van der Waals surface area contributed by atoms with Crippen molar-refractivity contribution in [2.45, 2.75) is 38.6 Å². The number of hydrogen-bond acceptors (Lipinski definition) is 6. The summed E-state index contributed by atoms with van der Waals surface area (Å²) in [6, 6.07) is 0.719. The van der Waals surface area contributed by atoms with Crippen molar-refractivity contribution in [2.24, 2.45) is 5.92 Å². The zero-order valence-electron chi connectivity index (χ0n) is 10.5. The van der Waals surface area contributed by atoms with Gasteiger partial charge in [-0.25, -0.2) is 4.98 Å². The first-order valence-electron chi connectivity index (χ1n) is 6.23. The third-order valence-corrected chi connectivity index (χ3v) is 3.91. The second kappa shape index (κ2) is 4.68. The first-order valence-corrected chi connectivity index (χ1v) is 7.11. The van der Waals surface area contributed by atoms with Crippen LogP contribution in [0.3, 0.4) is 0 Å². The van der Waals surface area contributed by atoms with E-state index in [-0.39, 0.29) is 12.0 Å². The second-order valence-corrected chi connectivity index (χ2v) is 5.87. The molecule has 0 amide bonds. The predicted octanol–water partition coefficient (Wildman–Crippen LogP) is 3.21. The van der Waals surface area contributed by atoms with Crippen LogP contribution in [-0.4, -0.2) is 15.1 Å². The average Bonchev–Trinajstić information content (AvgIpc) is 2.88. The molecule has 1 aliphatic carbocycles. The van der Waals surface area contributed by atoms with Crippen molar-refractivity contribution >= 4 is 17.4 Å². The minimum absolute atomic E-state index is 0.213. The van der Waals surface area contributed by atoms with Gasteiger partial charge in [-0.3, -0.25) is 0 Å². The van der Waals surface area contributed by atoms with Crippen molar-refractivity contribution in [1.29, 1.82) is 0 Å². The maximum Gasteiger partial charge on any atom is 0.322 e. The van der Waals surface area contributed by atoms with Crippen LogP contribution in [0.1, 0.15) is 49.5 Å². The summed E-state index contributed by atoms with van der Waals surface area (Å²) in [4.78, 5) is 8.74. The van der Waals surface area contributed by atoms with E-state index in [0.29, 0.717) is 11.9 Å². The minimum atomic E-state index is 0.213. The maximum absolute atomic E-state index is 5.24. The van der Waals surface area contributed by atoms with E-state index in [0.717, 1.165) is 10.8 Å². The van der Waals surface area contributed by atoms with Crippen LogP contribution in [0.25, 0.3) is 0 Å². The molecule has 2 aromatic heterocycles. The highest BCUT2D eigenvalue weighted by Crippen LogP contribution is 2.43. The first-order chi connectivity index (χ1) is 8.74. The van der Waals surface area contributed by atoms with E-state index in [1.165, 1.54) is 12.8 Å². The lowest BCUT2D eigenvalue weighted by molar-refractivity contribution is 0.413. The van der Waals surface area contributed by atoms with E-state index < -0.39 is 0 Å². The molecule has 1 N–H and O–H groups in total. The molecule has 0 radical (unpaired) electrons. The molecule has 1 aliphatic rings. The molecule has 18 heavy (non-hydrogen) atoms. The van der Waals surface area contributed by atoms with Crippen LogP contribution >= 0.6 is 11.3 Å². The lowest BCUT2D eigenvalue weighted by Crippen LogP contribution is -2.12. The van der Waals surface area contributed by atoms with E-state index in [4.69, 9.17) is 4.52 Å². The van der Waals surface area contributed by atoms with Crippen LogP contribution in [0.5, 0.6) is 0 Å². The Bertz CT molecular complexity index is 504. The summed E-state index contributed by atoms with van der Waals surface area (Å²) in [6.45, 7) is 4.10. The molecule has 3 rings (SSSR count). The van der Waals surface area contributed by atoms with Crippen LogP contribution in [0.15, 0.2) is 16.1 Å². The summed E-state index contributed by atoms with van der Waals surface area (Å²) in [7, 11) is 0. The molecule has 0 spiro atoms. The molecule has 6 heteroatoms. The van der Waals surface area contributed by atoms with E-state index in [2.05, 4.69) is 20.4 Å². The molecule has 2 aromatic rings. The van der Waals surface area contributed by atoms with E-state index in [1.807, 2.05) is 25.4 Å². The largest absolute Gasteiger partial charge is 0.328 e. The van der Waals surface area contributed by atoms with Gasteiger partial charge in [-0.2, -0.15) is 4.98 Å².